The summed E-state index contributed by atoms with van der Waals surface area (Å²) in [4.78, 5) is 12.1. The van der Waals surface area contributed by atoms with E-state index < -0.39 is 0 Å². The third-order valence-electron chi connectivity index (χ3n) is 3.08. The van der Waals surface area contributed by atoms with Crippen LogP contribution in [-0.4, -0.2) is 34.4 Å². The van der Waals surface area contributed by atoms with Crippen molar-refractivity contribution in [2.75, 3.05) is 18.9 Å². The van der Waals surface area contributed by atoms with Gasteiger partial charge in [0.1, 0.15) is 11.4 Å². The number of hydrogen-bond donors (Lipinski definition) is 2. The molecule has 6 heteroatoms. The maximum atomic E-state index is 12.1. The number of aromatic nitrogens is 2. The van der Waals surface area contributed by atoms with E-state index in [1.807, 2.05) is 6.92 Å². The van der Waals surface area contributed by atoms with Crippen molar-refractivity contribution in [2.24, 2.45) is 7.05 Å². The molecule has 1 amide bonds. The fourth-order valence-corrected chi connectivity index (χ4v) is 2.00. The molecule has 0 aliphatic carbocycles. The lowest BCUT2D eigenvalue weighted by Gasteiger charge is -2.34. The minimum absolute atomic E-state index is 0.191. The molecule has 0 aromatic carbocycles. The van der Waals surface area contributed by atoms with Gasteiger partial charge in [-0.15, -0.1) is 0 Å². The first-order valence-electron chi connectivity index (χ1n) is 5.69. The summed E-state index contributed by atoms with van der Waals surface area (Å²) in [6.07, 6.45) is 3.36. The van der Waals surface area contributed by atoms with Crippen LogP contribution in [0, 0.1) is 0 Å². The van der Waals surface area contributed by atoms with Crippen LogP contribution >= 0.6 is 0 Å². The lowest BCUT2D eigenvalue weighted by molar-refractivity contribution is 0.0273. The number of nitrogens with one attached hydrogen (secondary N) is 1. The summed E-state index contributed by atoms with van der Waals surface area (Å²) in [5.41, 5.74) is 5.87. The number of carbonyl (C=O) groups excluding carboxylic acids is 1. The second-order valence-electron chi connectivity index (χ2n) is 4.74. The number of amides is 1. The SMILES string of the molecule is Cn1ncc(C(=O)NC2(C)CCCOC2)c1N. The average Bonchev–Trinajstić information content (AvgIpc) is 2.60. The average molecular weight is 238 g/mol. The molecule has 1 atom stereocenters. The van der Waals surface area contributed by atoms with Crippen molar-refractivity contribution in [3.05, 3.63) is 11.8 Å². The third kappa shape index (κ3) is 2.41. The van der Waals surface area contributed by atoms with Crippen molar-refractivity contribution in [3.8, 4) is 0 Å². The molecule has 0 saturated carbocycles. The highest BCUT2D eigenvalue weighted by Crippen LogP contribution is 2.19. The van der Waals surface area contributed by atoms with Crippen LogP contribution in [0.25, 0.3) is 0 Å². The number of ether oxygens (including phenoxy) is 1. The van der Waals surface area contributed by atoms with Crippen LogP contribution in [0.15, 0.2) is 6.20 Å². The van der Waals surface area contributed by atoms with E-state index in [-0.39, 0.29) is 11.4 Å². The van der Waals surface area contributed by atoms with Crippen LogP contribution in [0.3, 0.4) is 0 Å². The second-order valence-corrected chi connectivity index (χ2v) is 4.74. The van der Waals surface area contributed by atoms with Gasteiger partial charge in [-0.3, -0.25) is 9.48 Å². The Morgan fingerprint density at radius 3 is 3.00 bits per heavy atom. The summed E-state index contributed by atoms with van der Waals surface area (Å²) in [6, 6.07) is 0. The van der Waals surface area contributed by atoms with Gasteiger partial charge in [0.15, 0.2) is 0 Å². The lowest BCUT2D eigenvalue weighted by Crippen LogP contribution is -2.51. The maximum Gasteiger partial charge on any atom is 0.257 e. The normalized spacial score (nSPS) is 24.6. The molecule has 1 unspecified atom stereocenters. The van der Waals surface area contributed by atoms with Crippen LogP contribution in [0.5, 0.6) is 0 Å². The van der Waals surface area contributed by atoms with Gasteiger partial charge < -0.3 is 15.8 Å². The zero-order valence-corrected chi connectivity index (χ0v) is 10.2. The number of aryl methyl sites for hydroxylation is 1. The maximum absolute atomic E-state index is 12.1. The van der Waals surface area contributed by atoms with Gasteiger partial charge in [-0.2, -0.15) is 5.10 Å². The van der Waals surface area contributed by atoms with E-state index in [4.69, 9.17) is 10.5 Å². The summed E-state index contributed by atoms with van der Waals surface area (Å²) in [6.45, 7) is 3.29. The van der Waals surface area contributed by atoms with E-state index in [1.165, 1.54) is 10.9 Å². The topological polar surface area (TPSA) is 82.2 Å². The smallest absolute Gasteiger partial charge is 0.257 e. The van der Waals surface area contributed by atoms with Gasteiger partial charge in [-0.1, -0.05) is 0 Å². The predicted molar refractivity (Wildman–Crippen MR) is 63.5 cm³/mol. The Morgan fingerprint density at radius 1 is 1.71 bits per heavy atom. The molecule has 1 aromatic heterocycles. The number of anilines is 1. The lowest BCUT2D eigenvalue weighted by atomic mass is 9.94. The molecule has 0 bridgehead atoms. The zero-order valence-electron chi connectivity index (χ0n) is 10.2. The van der Waals surface area contributed by atoms with Crippen LogP contribution in [0.4, 0.5) is 5.82 Å². The Bertz CT molecular complexity index is 421. The third-order valence-corrected chi connectivity index (χ3v) is 3.08. The molecule has 0 spiro atoms. The molecule has 2 rings (SSSR count). The Balaban J connectivity index is 2.08. The van der Waals surface area contributed by atoms with E-state index in [0.29, 0.717) is 18.0 Å². The van der Waals surface area contributed by atoms with Crippen LogP contribution in [0.2, 0.25) is 0 Å². The predicted octanol–water partition coefficient (Wildman–Crippen LogP) is 0.301. The largest absolute Gasteiger partial charge is 0.383 e. The molecule has 2 heterocycles. The molecular weight excluding hydrogens is 220 g/mol. The van der Waals surface area contributed by atoms with E-state index >= 15 is 0 Å². The zero-order chi connectivity index (χ0) is 12.5. The van der Waals surface area contributed by atoms with Gasteiger partial charge in [0.25, 0.3) is 5.91 Å². The Hall–Kier alpha value is -1.56. The number of carbonyl (C=O) groups is 1. The number of nitrogens with two attached hydrogens (primary N) is 1. The monoisotopic (exact) mass is 238 g/mol. The molecule has 3 N–H and O–H groups in total. The van der Waals surface area contributed by atoms with Crippen molar-refractivity contribution in [1.82, 2.24) is 15.1 Å². The van der Waals surface area contributed by atoms with Crippen molar-refractivity contribution in [2.45, 2.75) is 25.3 Å². The molecular formula is C11H18N4O2. The van der Waals surface area contributed by atoms with Gasteiger partial charge in [0.05, 0.1) is 18.3 Å². The second kappa shape index (κ2) is 4.37. The summed E-state index contributed by atoms with van der Waals surface area (Å²) in [5.74, 6) is 0.187. The van der Waals surface area contributed by atoms with Crippen LogP contribution < -0.4 is 11.1 Å². The standard InChI is InChI=1S/C11H18N4O2/c1-11(4-3-5-17-7-11)14-10(16)8-6-13-15(2)9(8)12/h6H,3-5,7,12H2,1-2H3,(H,14,16). The molecule has 1 aliphatic heterocycles. The number of hydrogen-bond acceptors (Lipinski definition) is 4. The fourth-order valence-electron chi connectivity index (χ4n) is 2.00. The van der Waals surface area contributed by atoms with E-state index in [0.717, 1.165) is 19.4 Å². The minimum Gasteiger partial charge on any atom is -0.383 e. The Kier molecular flexibility index (Phi) is 3.06. The Labute approximate surface area is 100 Å². The first-order valence-corrected chi connectivity index (χ1v) is 5.69. The fraction of sp³-hybridized carbons (Fsp3) is 0.636. The first kappa shape index (κ1) is 11.9. The summed E-state index contributed by atoms with van der Waals surface area (Å²) in [5, 5.41) is 6.92. The quantitative estimate of drug-likeness (QED) is 0.776. The number of rotatable bonds is 2. The number of nitrogen functional groups attached to an aromatic ring is 1. The van der Waals surface area contributed by atoms with Crippen molar-refractivity contribution in [1.29, 1.82) is 0 Å². The van der Waals surface area contributed by atoms with Gasteiger partial charge in [0, 0.05) is 13.7 Å². The van der Waals surface area contributed by atoms with E-state index in [2.05, 4.69) is 10.4 Å². The van der Waals surface area contributed by atoms with Crippen molar-refractivity contribution in [3.63, 3.8) is 0 Å². The van der Waals surface area contributed by atoms with E-state index in [9.17, 15) is 4.79 Å². The Morgan fingerprint density at radius 2 is 2.47 bits per heavy atom. The van der Waals surface area contributed by atoms with Crippen molar-refractivity contribution >= 4 is 11.7 Å². The molecule has 0 radical (unpaired) electrons. The molecule has 1 fully saturated rings. The van der Waals surface area contributed by atoms with Gasteiger partial charge in [-0.05, 0) is 19.8 Å². The van der Waals surface area contributed by atoms with Crippen LogP contribution in [-0.2, 0) is 11.8 Å². The van der Waals surface area contributed by atoms with Gasteiger partial charge >= 0.3 is 0 Å². The molecule has 6 nitrogen and oxygen atoms in total. The highest BCUT2D eigenvalue weighted by Gasteiger charge is 2.30. The highest BCUT2D eigenvalue weighted by atomic mass is 16.5. The van der Waals surface area contributed by atoms with Gasteiger partial charge in [0.2, 0.25) is 0 Å². The summed E-state index contributed by atoms with van der Waals surface area (Å²) in [7, 11) is 1.71. The van der Waals surface area contributed by atoms with Crippen LogP contribution in [0.1, 0.15) is 30.1 Å². The molecule has 1 aliphatic rings. The first-order chi connectivity index (χ1) is 8.02. The minimum atomic E-state index is -0.308. The molecule has 94 valence electrons. The summed E-state index contributed by atoms with van der Waals surface area (Å²) >= 11 is 0. The molecule has 1 saturated heterocycles. The highest BCUT2D eigenvalue weighted by molar-refractivity contribution is 5.98. The number of nitrogens with zero attached hydrogens (tertiary/aromatic N) is 2. The van der Waals surface area contributed by atoms with E-state index in [1.54, 1.807) is 7.05 Å². The molecule has 17 heavy (non-hydrogen) atoms. The van der Waals surface area contributed by atoms with Crippen molar-refractivity contribution < 1.29 is 9.53 Å². The van der Waals surface area contributed by atoms with Gasteiger partial charge in [-0.25, -0.2) is 0 Å². The molecule has 1 aromatic rings. The summed E-state index contributed by atoms with van der Waals surface area (Å²) < 4.78 is 6.87.